The van der Waals surface area contributed by atoms with E-state index in [0.29, 0.717) is 36.2 Å². The average Bonchev–Trinajstić information content (AvgIpc) is 2.76. The number of carbonyl (C=O) groups excluding carboxylic acids is 2. The Balaban J connectivity index is 1.43. The molecule has 2 aromatic carbocycles. The molecule has 8 heteroatoms. The number of carbonyl (C=O) groups is 2. The smallest absolute Gasteiger partial charge is 0.306 e. The number of aromatic nitrogens is 1. The van der Waals surface area contributed by atoms with Gasteiger partial charge in [0.05, 0.1) is 29.3 Å². The minimum Gasteiger partial charge on any atom is -0.459 e. The van der Waals surface area contributed by atoms with E-state index in [1.54, 1.807) is 54.4 Å². The maximum absolute atomic E-state index is 13.2. The average molecular weight is 481 g/mol. The molecule has 0 spiro atoms. The largest absolute Gasteiger partial charge is 0.459 e. The first-order chi connectivity index (χ1) is 16.1. The van der Waals surface area contributed by atoms with Crippen LogP contribution < -0.4 is 0 Å². The van der Waals surface area contributed by atoms with Crippen LogP contribution in [-0.4, -0.2) is 49.4 Å². The highest BCUT2D eigenvalue weighted by molar-refractivity contribution is 7.90. The third kappa shape index (κ3) is 5.12. The van der Waals surface area contributed by atoms with E-state index in [2.05, 4.69) is 4.98 Å². The normalized spacial score (nSPS) is 14.3. The van der Waals surface area contributed by atoms with Gasteiger partial charge in [0.15, 0.2) is 9.84 Å². The Morgan fingerprint density at radius 1 is 1.12 bits per heavy atom. The van der Waals surface area contributed by atoms with E-state index in [9.17, 15) is 18.0 Å². The summed E-state index contributed by atoms with van der Waals surface area (Å²) in [5, 5.41) is 0.768. The van der Waals surface area contributed by atoms with Gasteiger partial charge in [0.2, 0.25) is 0 Å². The van der Waals surface area contributed by atoms with E-state index < -0.39 is 9.84 Å². The lowest BCUT2D eigenvalue weighted by Crippen LogP contribution is -2.55. The summed E-state index contributed by atoms with van der Waals surface area (Å²) in [4.78, 5) is 30.7. The molecule has 0 atom stereocenters. The van der Waals surface area contributed by atoms with Crippen molar-refractivity contribution in [1.82, 2.24) is 9.88 Å². The number of hydrogen-bond acceptors (Lipinski definition) is 6. The van der Waals surface area contributed by atoms with Gasteiger partial charge >= 0.3 is 5.97 Å². The number of esters is 1. The fraction of sp³-hybridized carbons (Fsp3) is 0.346. The Hall–Kier alpha value is -3.26. The molecule has 4 rings (SSSR count). The number of para-hydroxylation sites is 1. The van der Waals surface area contributed by atoms with Gasteiger partial charge in [-0.05, 0) is 48.2 Å². The summed E-state index contributed by atoms with van der Waals surface area (Å²) in [6.07, 6.45) is 1.68. The van der Waals surface area contributed by atoms with Crippen LogP contribution in [0.1, 0.15) is 41.8 Å². The second-order valence-corrected chi connectivity index (χ2v) is 11.1. The van der Waals surface area contributed by atoms with Gasteiger partial charge in [-0.25, -0.2) is 8.42 Å². The van der Waals surface area contributed by atoms with Gasteiger partial charge in [0, 0.05) is 23.6 Å². The van der Waals surface area contributed by atoms with Gasteiger partial charge in [0.25, 0.3) is 5.91 Å². The molecule has 1 aliphatic heterocycles. The van der Waals surface area contributed by atoms with Crippen molar-refractivity contribution < 1.29 is 22.7 Å². The number of rotatable bonds is 7. The van der Waals surface area contributed by atoms with E-state index in [4.69, 9.17) is 4.74 Å². The van der Waals surface area contributed by atoms with Crippen molar-refractivity contribution >= 4 is 32.6 Å². The number of amides is 1. The number of benzene rings is 2. The first-order valence-electron chi connectivity index (χ1n) is 11.3. The molecule has 34 heavy (non-hydrogen) atoms. The molecule has 0 saturated carbocycles. The first-order valence-corrected chi connectivity index (χ1v) is 12.9. The molecule has 1 aliphatic rings. The predicted octanol–water partition coefficient (Wildman–Crippen LogP) is 3.93. The lowest BCUT2D eigenvalue weighted by molar-refractivity contribution is -0.156. The van der Waals surface area contributed by atoms with Crippen LogP contribution in [0.4, 0.5) is 0 Å². The van der Waals surface area contributed by atoms with Crippen molar-refractivity contribution in [1.29, 1.82) is 0 Å². The van der Waals surface area contributed by atoms with Gasteiger partial charge in [-0.3, -0.25) is 14.6 Å². The highest BCUT2D eigenvalue weighted by atomic mass is 32.2. The van der Waals surface area contributed by atoms with Gasteiger partial charge < -0.3 is 9.64 Å². The molecule has 1 fully saturated rings. The molecular formula is C26H28N2O5S. The second kappa shape index (κ2) is 9.54. The fourth-order valence-electron chi connectivity index (χ4n) is 4.03. The lowest BCUT2D eigenvalue weighted by Gasteiger charge is -2.38. The highest BCUT2D eigenvalue weighted by Gasteiger charge is 2.34. The van der Waals surface area contributed by atoms with Crippen LogP contribution >= 0.6 is 0 Å². The maximum Gasteiger partial charge on any atom is 0.306 e. The summed E-state index contributed by atoms with van der Waals surface area (Å²) in [6, 6.07) is 13.8. The molecule has 0 aliphatic carbocycles. The second-order valence-electron chi connectivity index (χ2n) is 9.15. The Kier molecular flexibility index (Phi) is 6.70. The van der Waals surface area contributed by atoms with Crippen LogP contribution in [0.25, 0.3) is 10.9 Å². The standard InChI is InChI=1S/C26H28N2O5S/c1-17(2)12-24(29)33-22-14-28(15-22)26(30)20-9-10-21(18(3)13-20)16-34(31,32)23-8-4-6-19-7-5-11-27-25(19)23/h4-11,13,17,22H,12,14-16H2,1-3H3. The zero-order valence-corrected chi connectivity index (χ0v) is 20.3. The summed E-state index contributed by atoms with van der Waals surface area (Å²) >= 11 is 0. The monoisotopic (exact) mass is 480 g/mol. The molecule has 7 nitrogen and oxygen atoms in total. The van der Waals surface area contributed by atoms with Crippen LogP contribution in [0, 0.1) is 12.8 Å². The molecule has 0 N–H and O–H groups in total. The van der Waals surface area contributed by atoms with Crippen molar-refractivity contribution in [2.75, 3.05) is 13.1 Å². The van der Waals surface area contributed by atoms with Crippen LogP contribution in [0.5, 0.6) is 0 Å². The van der Waals surface area contributed by atoms with Crippen LogP contribution in [0.15, 0.2) is 59.6 Å². The van der Waals surface area contributed by atoms with E-state index in [1.807, 2.05) is 26.0 Å². The summed E-state index contributed by atoms with van der Waals surface area (Å²) in [7, 11) is -3.64. The molecule has 1 aromatic heterocycles. The summed E-state index contributed by atoms with van der Waals surface area (Å²) in [6.45, 7) is 6.44. The van der Waals surface area contributed by atoms with E-state index in [0.717, 1.165) is 10.9 Å². The third-order valence-electron chi connectivity index (χ3n) is 5.87. The minimum absolute atomic E-state index is 0.160. The number of likely N-dealkylation sites (tertiary alicyclic amines) is 1. The molecule has 0 unspecified atom stereocenters. The number of sulfone groups is 1. The number of ether oxygens (including phenoxy) is 1. The van der Waals surface area contributed by atoms with Gasteiger partial charge in [-0.1, -0.05) is 38.1 Å². The van der Waals surface area contributed by atoms with Crippen molar-refractivity contribution in [2.24, 2.45) is 5.92 Å². The summed E-state index contributed by atoms with van der Waals surface area (Å²) in [5.74, 6) is -0.352. The van der Waals surface area contributed by atoms with Crippen molar-refractivity contribution in [3.8, 4) is 0 Å². The minimum atomic E-state index is -3.64. The number of pyridine rings is 1. The fourth-order valence-corrected chi connectivity index (χ4v) is 5.67. The maximum atomic E-state index is 13.2. The predicted molar refractivity (Wildman–Crippen MR) is 129 cm³/mol. The summed E-state index contributed by atoms with van der Waals surface area (Å²) < 4.78 is 31.7. The highest BCUT2D eigenvalue weighted by Crippen LogP contribution is 2.26. The molecule has 178 valence electrons. The van der Waals surface area contributed by atoms with E-state index in [1.165, 1.54) is 0 Å². The van der Waals surface area contributed by atoms with Crippen LogP contribution in [0.3, 0.4) is 0 Å². The SMILES string of the molecule is Cc1cc(C(=O)N2CC(OC(=O)CC(C)C)C2)ccc1CS(=O)(=O)c1cccc2cccnc12. The lowest BCUT2D eigenvalue weighted by atomic mass is 10.0. The van der Waals surface area contributed by atoms with Crippen LogP contribution in [0.2, 0.25) is 0 Å². The van der Waals surface area contributed by atoms with Crippen molar-refractivity contribution in [3.63, 3.8) is 0 Å². The molecule has 2 heterocycles. The summed E-state index contributed by atoms with van der Waals surface area (Å²) in [5.41, 5.74) is 2.30. The van der Waals surface area contributed by atoms with E-state index in [-0.39, 0.29) is 34.5 Å². The van der Waals surface area contributed by atoms with Gasteiger partial charge in [0.1, 0.15) is 6.10 Å². The molecule has 0 bridgehead atoms. The Bertz CT molecular complexity index is 1340. The molecule has 3 aromatic rings. The molecule has 1 saturated heterocycles. The van der Waals surface area contributed by atoms with E-state index >= 15 is 0 Å². The zero-order valence-electron chi connectivity index (χ0n) is 19.5. The van der Waals surface area contributed by atoms with Gasteiger partial charge in [-0.15, -0.1) is 0 Å². The Morgan fingerprint density at radius 2 is 1.85 bits per heavy atom. The molecule has 0 radical (unpaired) electrons. The Morgan fingerprint density at radius 3 is 2.56 bits per heavy atom. The molecule has 1 amide bonds. The quantitative estimate of drug-likeness (QED) is 0.476. The number of aryl methyl sites for hydroxylation is 1. The topological polar surface area (TPSA) is 93.6 Å². The van der Waals surface area contributed by atoms with Crippen molar-refractivity contribution in [2.45, 2.75) is 43.9 Å². The van der Waals surface area contributed by atoms with Gasteiger partial charge in [-0.2, -0.15) is 0 Å². The van der Waals surface area contributed by atoms with Crippen molar-refractivity contribution in [3.05, 3.63) is 71.4 Å². The van der Waals surface area contributed by atoms with Crippen LogP contribution in [-0.2, 0) is 25.1 Å². The Labute approximate surface area is 199 Å². The number of fused-ring (bicyclic) bond motifs is 1. The number of nitrogens with zero attached hydrogens (tertiary/aromatic N) is 2. The first kappa shape index (κ1) is 23.9. The zero-order chi connectivity index (χ0) is 24.5. The number of hydrogen-bond donors (Lipinski definition) is 0. The molecular weight excluding hydrogens is 452 g/mol. The third-order valence-corrected chi connectivity index (χ3v) is 7.56.